The third-order valence-corrected chi connectivity index (χ3v) is 22.1. The molecule has 0 N–H and O–H groups in total. The van der Waals surface area contributed by atoms with Crippen molar-refractivity contribution in [3.05, 3.63) is 216 Å². The molecule has 3 heterocycles. The van der Waals surface area contributed by atoms with Gasteiger partial charge in [-0.2, -0.15) is 0 Å². The van der Waals surface area contributed by atoms with E-state index in [-0.39, 0.29) is 21.7 Å². The smallest absolute Gasteiger partial charge is 0.137 e. The van der Waals surface area contributed by atoms with Crippen molar-refractivity contribution in [3.63, 3.8) is 0 Å². The van der Waals surface area contributed by atoms with Crippen LogP contribution in [0.25, 0.3) is 27.6 Å². The van der Waals surface area contributed by atoms with Crippen LogP contribution in [0.15, 0.2) is 182 Å². The fraction of sp³-hybridized carbons (Fsp3) is 0.382. The summed E-state index contributed by atoms with van der Waals surface area (Å²) in [5, 5.41) is 2.39. The fourth-order valence-electron chi connectivity index (χ4n) is 19.2. The number of ether oxygens (including phenoxy) is 1. The maximum Gasteiger partial charge on any atom is 0.137 e. The van der Waals surface area contributed by atoms with Crippen LogP contribution >= 0.6 is 0 Å². The molecule has 18 rings (SSSR count). The van der Waals surface area contributed by atoms with E-state index in [0.29, 0.717) is 30.3 Å². The molecule has 408 valence electrons. The lowest BCUT2D eigenvalue weighted by atomic mass is 9.40. The van der Waals surface area contributed by atoms with Gasteiger partial charge in [-0.05, 0) is 210 Å². The number of benzene rings is 7. The summed E-state index contributed by atoms with van der Waals surface area (Å²) in [6.07, 6.45) is 15.5. The van der Waals surface area contributed by atoms with Gasteiger partial charge >= 0.3 is 0 Å². The highest BCUT2D eigenvalue weighted by atomic mass is 16.5. The molecule has 0 saturated heterocycles. The molecular formula is C76H78N4O. The fourth-order valence-corrected chi connectivity index (χ4v) is 19.2. The van der Waals surface area contributed by atoms with Crippen molar-refractivity contribution >= 4 is 44.6 Å². The average Bonchev–Trinajstić information content (AvgIpc) is 4.18. The molecule has 8 fully saturated rings. The predicted molar refractivity (Wildman–Crippen MR) is 333 cm³/mol. The summed E-state index contributed by atoms with van der Waals surface area (Å²) in [6.45, 7) is 14.5. The Balaban J connectivity index is 0.875. The monoisotopic (exact) mass is 1060 g/mol. The zero-order chi connectivity index (χ0) is 54.6. The van der Waals surface area contributed by atoms with E-state index >= 15 is 0 Å². The van der Waals surface area contributed by atoms with E-state index in [4.69, 9.17) is 9.72 Å². The van der Waals surface area contributed by atoms with Gasteiger partial charge in [0.15, 0.2) is 0 Å². The van der Waals surface area contributed by atoms with Crippen molar-refractivity contribution < 1.29 is 4.74 Å². The molecule has 0 spiro atoms. The van der Waals surface area contributed by atoms with Crippen molar-refractivity contribution in [2.75, 3.05) is 16.5 Å². The molecule has 5 nitrogen and oxygen atoms in total. The average molecular weight is 1060 g/mol. The topological polar surface area (TPSA) is 33.5 Å². The molecule has 8 aliphatic carbocycles. The van der Waals surface area contributed by atoms with Crippen LogP contribution in [0.1, 0.15) is 139 Å². The number of hydrogen-bond donors (Lipinski definition) is 0. The number of anilines is 4. The Hall–Kier alpha value is -7.11. The van der Waals surface area contributed by atoms with Crippen molar-refractivity contribution in [2.24, 2.45) is 47.3 Å². The summed E-state index contributed by atoms with van der Waals surface area (Å²) in [4.78, 5) is 10.5. The largest absolute Gasteiger partial charge is 0.457 e. The Bertz CT molecular complexity index is 3750. The SMILES string of the molecule is CC(C)(C)c1cc(Oc2ccc3c4ccccc4n(-c4cc(C(C)(C)C)ccn4)c3c2)cc(N2CN(c3c(C4(c5ccccc5)C5CC6CC(C5)CC4C6)cccc3C3(c4ccccc4)C4CC5CC(C4)CC3C5)c3ccccc32)c1. The lowest BCUT2D eigenvalue weighted by Crippen LogP contribution is -2.58. The number of para-hydroxylation sites is 4. The standard InChI is InChI=1S/C76H78N4O/c1-73(2,3)54-30-31-77-71(44-54)80-67-25-14-13-22-63(67)64-29-28-61(46-70(64)80)81-62-43-55(74(4,5)6)42-60(45-62)78-47-79(69-27-16-15-26-68(69)78)72-65(75(52-18-9-7-10-19-52)56-34-48-32-49(36-56)37-57(75)35-48)23-17-24-66(72)76(53-20-11-8-12-21-53)58-38-50-33-51(40-58)41-59(76)39-50/h7-31,42-46,48-51,56-59H,32-41,47H2,1-6H3. The molecule has 0 unspecified atom stereocenters. The van der Waals surface area contributed by atoms with Crippen molar-refractivity contribution in [2.45, 2.75) is 127 Å². The molecule has 0 radical (unpaired) electrons. The zero-order valence-corrected chi connectivity index (χ0v) is 48.4. The minimum absolute atomic E-state index is 0.0167. The van der Waals surface area contributed by atoms with Crippen LogP contribution in [0.5, 0.6) is 11.5 Å². The molecule has 8 saturated carbocycles. The van der Waals surface area contributed by atoms with Crippen LogP contribution in [0.2, 0.25) is 0 Å². The second-order valence-electron chi connectivity index (χ2n) is 28.5. The van der Waals surface area contributed by atoms with Gasteiger partial charge in [0.25, 0.3) is 0 Å². The second kappa shape index (κ2) is 18.2. The van der Waals surface area contributed by atoms with Crippen molar-refractivity contribution in [3.8, 4) is 17.3 Å². The molecule has 5 heteroatoms. The number of hydrogen-bond acceptors (Lipinski definition) is 4. The number of fused-ring (bicyclic) bond motifs is 4. The van der Waals surface area contributed by atoms with Crippen LogP contribution in [-0.4, -0.2) is 16.2 Å². The highest BCUT2D eigenvalue weighted by molar-refractivity contribution is 6.09. The van der Waals surface area contributed by atoms with Crippen LogP contribution in [-0.2, 0) is 21.7 Å². The Morgan fingerprint density at radius 3 is 1.52 bits per heavy atom. The van der Waals surface area contributed by atoms with E-state index < -0.39 is 0 Å². The lowest BCUT2D eigenvalue weighted by Gasteiger charge is -2.64. The van der Waals surface area contributed by atoms with Gasteiger partial charge in [-0.3, -0.25) is 4.57 Å². The van der Waals surface area contributed by atoms with Gasteiger partial charge in [-0.1, -0.05) is 151 Å². The normalized spacial score (nSPS) is 28.1. The number of aromatic nitrogens is 2. The minimum atomic E-state index is -0.143. The van der Waals surface area contributed by atoms with Gasteiger partial charge in [-0.15, -0.1) is 0 Å². The molecule has 1 aliphatic heterocycles. The Morgan fingerprint density at radius 2 is 0.951 bits per heavy atom. The summed E-state index contributed by atoms with van der Waals surface area (Å²) < 4.78 is 9.56. The first-order chi connectivity index (χ1) is 39.3. The second-order valence-corrected chi connectivity index (χ2v) is 28.5. The highest BCUT2D eigenvalue weighted by Gasteiger charge is 2.63. The molecule has 9 aromatic rings. The quantitative estimate of drug-likeness (QED) is 0.144. The first kappa shape index (κ1) is 49.7. The maximum atomic E-state index is 7.24. The lowest BCUT2D eigenvalue weighted by molar-refractivity contribution is -0.0442. The Kier molecular flexibility index (Phi) is 11.2. The summed E-state index contributed by atoms with van der Waals surface area (Å²) in [7, 11) is 0. The van der Waals surface area contributed by atoms with Crippen LogP contribution < -0.4 is 14.5 Å². The van der Waals surface area contributed by atoms with Gasteiger partial charge in [0.2, 0.25) is 0 Å². The van der Waals surface area contributed by atoms with Gasteiger partial charge in [-0.25, -0.2) is 4.98 Å². The molecule has 81 heavy (non-hydrogen) atoms. The highest BCUT2D eigenvalue weighted by Crippen LogP contribution is 2.71. The molecule has 8 bridgehead atoms. The van der Waals surface area contributed by atoms with E-state index in [1.807, 2.05) is 6.20 Å². The van der Waals surface area contributed by atoms with Gasteiger partial charge in [0.05, 0.1) is 28.1 Å². The van der Waals surface area contributed by atoms with E-state index in [1.54, 1.807) is 22.3 Å². The van der Waals surface area contributed by atoms with Gasteiger partial charge in [0, 0.05) is 45.6 Å². The maximum absolute atomic E-state index is 7.24. The molecule has 9 aliphatic rings. The number of rotatable bonds is 9. The number of nitrogens with zero attached hydrogens (tertiary/aromatic N) is 4. The van der Waals surface area contributed by atoms with E-state index in [1.165, 1.54) is 103 Å². The molecule has 0 atom stereocenters. The van der Waals surface area contributed by atoms with Crippen LogP contribution in [0, 0.1) is 47.3 Å². The summed E-state index contributed by atoms with van der Waals surface area (Å²) in [5.41, 5.74) is 15.9. The van der Waals surface area contributed by atoms with E-state index in [9.17, 15) is 0 Å². The van der Waals surface area contributed by atoms with Crippen LogP contribution in [0.3, 0.4) is 0 Å². The predicted octanol–water partition coefficient (Wildman–Crippen LogP) is 19.3. The van der Waals surface area contributed by atoms with Gasteiger partial charge < -0.3 is 14.5 Å². The molecule has 0 amide bonds. The first-order valence-electron chi connectivity index (χ1n) is 31.0. The summed E-state index contributed by atoms with van der Waals surface area (Å²) in [5.74, 6) is 8.40. The van der Waals surface area contributed by atoms with Crippen molar-refractivity contribution in [1.82, 2.24) is 9.55 Å². The summed E-state index contributed by atoms with van der Waals surface area (Å²) in [6, 6.07) is 68.2. The van der Waals surface area contributed by atoms with Crippen molar-refractivity contribution in [1.29, 1.82) is 0 Å². The minimum Gasteiger partial charge on any atom is -0.457 e. The molecular weight excluding hydrogens is 985 g/mol. The van der Waals surface area contributed by atoms with Crippen LogP contribution in [0.4, 0.5) is 22.7 Å². The number of pyridine rings is 1. The third kappa shape index (κ3) is 7.58. The van der Waals surface area contributed by atoms with Gasteiger partial charge in [0.1, 0.15) is 24.0 Å². The first-order valence-corrected chi connectivity index (χ1v) is 31.0. The Morgan fingerprint density at radius 1 is 0.432 bits per heavy atom. The molecule has 7 aromatic carbocycles. The third-order valence-electron chi connectivity index (χ3n) is 22.1. The van der Waals surface area contributed by atoms with E-state index in [0.717, 1.165) is 57.7 Å². The molecule has 2 aromatic heterocycles. The zero-order valence-electron chi connectivity index (χ0n) is 48.4. The summed E-state index contributed by atoms with van der Waals surface area (Å²) >= 11 is 0. The van der Waals surface area contributed by atoms with E-state index in [2.05, 4.69) is 232 Å². The Labute approximate surface area is 480 Å².